The maximum atomic E-state index is 11.8. The zero-order valence-electron chi connectivity index (χ0n) is 12.9. The first-order valence-corrected chi connectivity index (χ1v) is 6.81. The molecule has 1 atom stereocenters. The Hall–Kier alpha value is -1.51. The summed E-state index contributed by atoms with van der Waals surface area (Å²) in [7, 11) is 1.52. The quantitative estimate of drug-likeness (QED) is 0.513. The second-order valence-electron chi connectivity index (χ2n) is 4.87. The molecule has 8 heteroatoms. The highest BCUT2D eigenvalue weighted by molar-refractivity contribution is 5.88. The van der Waals surface area contributed by atoms with Gasteiger partial charge in [-0.05, 0) is 20.8 Å². The van der Waals surface area contributed by atoms with Gasteiger partial charge in [0.05, 0.1) is 37.7 Å². The first-order valence-electron chi connectivity index (χ1n) is 6.81. The van der Waals surface area contributed by atoms with Gasteiger partial charge in [-0.1, -0.05) is 5.21 Å². The molecule has 0 aliphatic rings. The Bertz CT molecular complexity index is 447. The van der Waals surface area contributed by atoms with E-state index in [4.69, 9.17) is 14.2 Å². The van der Waals surface area contributed by atoms with Gasteiger partial charge in [-0.2, -0.15) is 0 Å². The van der Waals surface area contributed by atoms with E-state index in [0.29, 0.717) is 12.3 Å². The Morgan fingerprint density at radius 3 is 2.71 bits per heavy atom. The summed E-state index contributed by atoms with van der Waals surface area (Å²) in [5.41, 5.74) is 0.684. The van der Waals surface area contributed by atoms with Crippen molar-refractivity contribution in [2.24, 2.45) is 0 Å². The second kappa shape index (κ2) is 8.71. The van der Waals surface area contributed by atoms with Crippen molar-refractivity contribution in [3.8, 4) is 0 Å². The standard InChI is InChI=1S/C13H23N3O5/c1-9(2)21-8-11(17)7-16-10(3)12(14-15-16)13(18)20-6-5-19-4/h9,11,17H,5-8H2,1-4H3. The first-order chi connectivity index (χ1) is 9.95. The molecule has 8 nitrogen and oxygen atoms in total. The zero-order chi connectivity index (χ0) is 15.8. The fourth-order valence-corrected chi connectivity index (χ4v) is 1.56. The van der Waals surface area contributed by atoms with Gasteiger partial charge in [0.15, 0.2) is 5.69 Å². The van der Waals surface area contributed by atoms with E-state index in [0.717, 1.165) is 0 Å². The van der Waals surface area contributed by atoms with Gasteiger partial charge in [-0.15, -0.1) is 5.10 Å². The number of esters is 1. The largest absolute Gasteiger partial charge is 0.458 e. The van der Waals surface area contributed by atoms with Crippen molar-refractivity contribution in [1.82, 2.24) is 15.0 Å². The number of nitrogens with zero attached hydrogens (tertiary/aromatic N) is 3. The SMILES string of the molecule is COCCOC(=O)c1nnn(CC(O)COC(C)C)c1C. The average Bonchev–Trinajstić information content (AvgIpc) is 2.78. The summed E-state index contributed by atoms with van der Waals surface area (Å²) in [6.45, 7) is 6.37. The van der Waals surface area contributed by atoms with Crippen molar-refractivity contribution in [2.75, 3.05) is 26.9 Å². The van der Waals surface area contributed by atoms with E-state index in [1.807, 2.05) is 13.8 Å². The number of hydrogen-bond acceptors (Lipinski definition) is 7. The Morgan fingerprint density at radius 1 is 1.38 bits per heavy atom. The number of hydrogen-bond donors (Lipinski definition) is 1. The molecule has 1 aromatic heterocycles. The Labute approximate surface area is 124 Å². The fraction of sp³-hybridized carbons (Fsp3) is 0.769. The lowest BCUT2D eigenvalue weighted by Crippen LogP contribution is -2.25. The number of ether oxygens (including phenoxy) is 3. The first kappa shape index (κ1) is 17.5. The van der Waals surface area contributed by atoms with Crippen LogP contribution in [0.2, 0.25) is 0 Å². The van der Waals surface area contributed by atoms with Crippen LogP contribution in [0.25, 0.3) is 0 Å². The molecule has 0 aliphatic heterocycles. The van der Waals surface area contributed by atoms with Crippen molar-refractivity contribution in [2.45, 2.75) is 39.5 Å². The summed E-state index contributed by atoms with van der Waals surface area (Å²) >= 11 is 0. The van der Waals surface area contributed by atoms with E-state index >= 15 is 0 Å². The lowest BCUT2D eigenvalue weighted by Gasteiger charge is -2.13. The Morgan fingerprint density at radius 2 is 2.10 bits per heavy atom. The second-order valence-corrected chi connectivity index (χ2v) is 4.87. The van der Waals surface area contributed by atoms with E-state index in [1.165, 1.54) is 11.8 Å². The molecule has 0 saturated carbocycles. The number of aromatic nitrogens is 3. The van der Waals surface area contributed by atoms with Crippen LogP contribution < -0.4 is 0 Å². The lowest BCUT2D eigenvalue weighted by molar-refractivity contribution is -0.00243. The van der Waals surface area contributed by atoms with E-state index in [1.54, 1.807) is 6.92 Å². The predicted molar refractivity (Wildman–Crippen MR) is 74.0 cm³/mol. The molecule has 0 aromatic carbocycles. The van der Waals surface area contributed by atoms with Crippen LogP contribution in [0.4, 0.5) is 0 Å². The summed E-state index contributed by atoms with van der Waals surface area (Å²) in [4.78, 5) is 11.8. The monoisotopic (exact) mass is 301 g/mol. The van der Waals surface area contributed by atoms with E-state index in [9.17, 15) is 9.90 Å². The Kier molecular flexibility index (Phi) is 7.27. The van der Waals surface area contributed by atoms with Crippen LogP contribution in [0, 0.1) is 6.92 Å². The minimum Gasteiger partial charge on any atom is -0.458 e. The highest BCUT2D eigenvalue weighted by Gasteiger charge is 2.19. The van der Waals surface area contributed by atoms with Gasteiger partial charge in [0, 0.05) is 7.11 Å². The highest BCUT2D eigenvalue weighted by Crippen LogP contribution is 2.07. The number of aliphatic hydroxyl groups is 1. The third kappa shape index (κ3) is 5.78. The molecule has 0 aliphatic carbocycles. The summed E-state index contributed by atoms with van der Waals surface area (Å²) in [5, 5.41) is 17.5. The molecule has 0 saturated heterocycles. The molecule has 1 N–H and O–H groups in total. The lowest BCUT2D eigenvalue weighted by atomic mass is 10.3. The molecule has 1 aromatic rings. The molecule has 120 valence electrons. The van der Waals surface area contributed by atoms with Gasteiger partial charge in [0.2, 0.25) is 0 Å². The van der Waals surface area contributed by atoms with Crippen LogP contribution in [-0.2, 0) is 20.8 Å². The number of rotatable bonds is 9. The molecule has 0 bridgehead atoms. The van der Waals surface area contributed by atoms with Crippen LogP contribution in [0.1, 0.15) is 30.0 Å². The van der Waals surface area contributed by atoms with Crippen LogP contribution in [0.3, 0.4) is 0 Å². The van der Waals surface area contributed by atoms with Gasteiger partial charge in [0.25, 0.3) is 0 Å². The summed E-state index contributed by atoms with van der Waals surface area (Å²) in [5.74, 6) is -0.552. The minimum atomic E-state index is -0.717. The average molecular weight is 301 g/mol. The van der Waals surface area contributed by atoms with Crippen LogP contribution in [0.5, 0.6) is 0 Å². The maximum Gasteiger partial charge on any atom is 0.360 e. The van der Waals surface area contributed by atoms with Crippen molar-refractivity contribution in [1.29, 1.82) is 0 Å². The van der Waals surface area contributed by atoms with E-state index < -0.39 is 12.1 Å². The number of aliphatic hydroxyl groups excluding tert-OH is 1. The summed E-state index contributed by atoms with van der Waals surface area (Å²) in [6, 6.07) is 0. The normalized spacial score (nSPS) is 12.7. The molecule has 0 spiro atoms. The number of carbonyl (C=O) groups is 1. The predicted octanol–water partition coefficient (Wildman–Crippen LogP) is 0.176. The van der Waals surface area contributed by atoms with Gasteiger partial charge in [0.1, 0.15) is 6.61 Å². The maximum absolute atomic E-state index is 11.8. The third-order valence-corrected chi connectivity index (χ3v) is 2.70. The zero-order valence-corrected chi connectivity index (χ0v) is 12.9. The van der Waals surface area contributed by atoms with E-state index in [2.05, 4.69) is 10.3 Å². The van der Waals surface area contributed by atoms with Gasteiger partial charge < -0.3 is 19.3 Å². The highest BCUT2D eigenvalue weighted by atomic mass is 16.6. The van der Waals surface area contributed by atoms with Gasteiger partial charge in [-0.3, -0.25) is 0 Å². The summed E-state index contributed by atoms with van der Waals surface area (Å²) in [6.07, 6.45) is -0.673. The molecule has 21 heavy (non-hydrogen) atoms. The summed E-state index contributed by atoms with van der Waals surface area (Å²) < 4.78 is 16.6. The fourth-order valence-electron chi connectivity index (χ4n) is 1.56. The minimum absolute atomic E-state index is 0.0443. The van der Waals surface area contributed by atoms with Crippen molar-refractivity contribution in [3.05, 3.63) is 11.4 Å². The number of carbonyl (C=O) groups excluding carboxylic acids is 1. The van der Waals surface area contributed by atoms with Gasteiger partial charge in [-0.25, -0.2) is 9.48 Å². The third-order valence-electron chi connectivity index (χ3n) is 2.70. The van der Waals surface area contributed by atoms with Crippen molar-refractivity contribution in [3.63, 3.8) is 0 Å². The molecule has 1 rings (SSSR count). The molecule has 1 heterocycles. The van der Waals surface area contributed by atoms with Gasteiger partial charge >= 0.3 is 5.97 Å². The molecule has 0 radical (unpaired) electrons. The number of methoxy groups -OCH3 is 1. The van der Waals surface area contributed by atoms with E-state index in [-0.39, 0.29) is 31.6 Å². The topological polar surface area (TPSA) is 95.7 Å². The molecule has 0 amide bonds. The van der Waals surface area contributed by atoms with Crippen molar-refractivity contribution >= 4 is 5.97 Å². The smallest absolute Gasteiger partial charge is 0.360 e. The van der Waals surface area contributed by atoms with Crippen LogP contribution in [0.15, 0.2) is 0 Å². The molecule has 0 fully saturated rings. The van der Waals surface area contributed by atoms with Crippen LogP contribution in [-0.4, -0.2) is 65.2 Å². The molecular weight excluding hydrogens is 278 g/mol. The van der Waals surface area contributed by atoms with Crippen molar-refractivity contribution < 1.29 is 24.1 Å². The van der Waals surface area contributed by atoms with Crippen LogP contribution >= 0.6 is 0 Å². The Balaban J connectivity index is 2.56. The molecular formula is C13H23N3O5. The molecule has 1 unspecified atom stereocenters.